The minimum Gasteiger partial charge on any atom is -0.507 e. The molecule has 1 rings (SSSR count). The Hall–Kier alpha value is -1.31. The molecule has 1 atom stereocenters. The van der Waals surface area contributed by atoms with Crippen LogP contribution in [0.4, 0.5) is 0 Å². The molecule has 18 heavy (non-hydrogen) atoms. The lowest BCUT2D eigenvalue weighted by molar-refractivity contribution is -0.141. The number of nitrogens with one attached hydrogen (secondary N) is 1. The van der Waals surface area contributed by atoms with Crippen molar-refractivity contribution in [3.05, 3.63) is 27.3 Å². The van der Waals surface area contributed by atoms with E-state index < -0.39 is 11.9 Å². The highest BCUT2D eigenvalue weighted by molar-refractivity contribution is 14.1. The van der Waals surface area contributed by atoms with Crippen molar-refractivity contribution in [2.24, 2.45) is 5.92 Å². The summed E-state index contributed by atoms with van der Waals surface area (Å²) in [5, 5.41) is 20.8. The number of hydrogen-bond donors (Lipinski definition) is 3. The maximum Gasteiger partial charge on any atom is 0.306 e. The lowest BCUT2D eigenvalue weighted by atomic mass is 10.1. The lowest BCUT2D eigenvalue weighted by Gasteiger charge is -2.08. The molecule has 1 aromatic rings. The smallest absolute Gasteiger partial charge is 0.306 e. The molecule has 1 amide bonds. The van der Waals surface area contributed by atoms with Gasteiger partial charge in [-0.3, -0.25) is 9.59 Å². The molecule has 0 heterocycles. The highest BCUT2D eigenvalue weighted by atomic mass is 127. The Bertz CT molecular complexity index is 461. The van der Waals surface area contributed by atoms with Crippen molar-refractivity contribution in [2.75, 3.05) is 6.54 Å². The van der Waals surface area contributed by atoms with Crippen LogP contribution in [-0.2, 0) is 4.79 Å². The Morgan fingerprint density at radius 1 is 1.44 bits per heavy atom. The van der Waals surface area contributed by atoms with Crippen molar-refractivity contribution >= 4 is 34.5 Å². The van der Waals surface area contributed by atoms with E-state index in [0.717, 1.165) is 0 Å². The standard InChI is InChI=1S/C12H14INO4/c1-7(12(17)18)4-5-14-11(16)8-2-3-9(13)10(15)6-8/h2-3,6-7,15H,4-5H2,1H3,(H,14,16)(H,17,18). The quantitative estimate of drug-likeness (QED) is 0.697. The van der Waals surface area contributed by atoms with Crippen molar-refractivity contribution in [3.8, 4) is 5.75 Å². The number of aliphatic carboxylic acids is 1. The molecule has 1 unspecified atom stereocenters. The first-order valence-corrected chi connectivity index (χ1v) is 6.49. The number of benzene rings is 1. The fraction of sp³-hybridized carbons (Fsp3) is 0.333. The van der Waals surface area contributed by atoms with Gasteiger partial charge in [0.15, 0.2) is 0 Å². The van der Waals surface area contributed by atoms with Gasteiger partial charge in [0.05, 0.1) is 9.49 Å². The van der Waals surface area contributed by atoms with E-state index in [1.807, 2.05) is 22.6 Å². The number of hydrogen-bond acceptors (Lipinski definition) is 3. The Labute approximate surface area is 118 Å². The van der Waals surface area contributed by atoms with Gasteiger partial charge in [0.25, 0.3) is 5.91 Å². The summed E-state index contributed by atoms with van der Waals surface area (Å²) in [6, 6.07) is 4.64. The number of carbonyl (C=O) groups is 2. The number of rotatable bonds is 5. The molecule has 0 aliphatic rings. The van der Waals surface area contributed by atoms with E-state index in [0.29, 0.717) is 22.1 Å². The number of amides is 1. The van der Waals surface area contributed by atoms with Gasteiger partial charge in [0.2, 0.25) is 0 Å². The molecule has 0 bridgehead atoms. The number of aromatic hydroxyl groups is 1. The predicted molar refractivity (Wildman–Crippen MR) is 74.6 cm³/mol. The van der Waals surface area contributed by atoms with Crippen LogP contribution in [0.5, 0.6) is 5.75 Å². The number of carboxylic acids is 1. The monoisotopic (exact) mass is 363 g/mol. The van der Waals surface area contributed by atoms with Crippen molar-refractivity contribution < 1.29 is 19.8 Å². The van der Waals surface area contributed by atoms with Crippen molar-refractivity contribution in [1.82, 2.24) is 5.32 Å². The second kappa shape index (κ2) is 6.58. The van der Waals surface area contributed by atoms with E-state index in [1.54, 1.807) is 19.1 Å². The summed E-state index contributed by atoms with van der Waals surface area (Å²) in [6.07, 6.45) is 0.372. The van der Waals surface area contributed by atoms with Crippen LogP contribution in [0, 0.1) is 9.49 Å². The average Bonchev–Trinajstić information content (AvgIpc) is 2.32. The van der Waals surface area contributed by atoms with E-state index >= 15 is 0 Å². The van der Waals surface area contributed by atoms with Gasteiger partial charge in [-0.15, -0.1) is 0 Å². The highest BCUT2D eigenvalue weighted by Gasteiger charge is 2.12. The molecule has 1 aromatic carbocycles. The molecule has 6 heteroatoms. The van der Waals surface area contributed by atoms with Crippen LogP contribution in [0.1, 0.15) is 23.7 Å². The van der Waals surface area contributed by atoms with Gasteiger partial charge < -0.3 is 15.5 Å². The number of halogens is 1. The van der Waals surface area contributed by atoms with Crippen LogP contribution in [-0.4, -0.2) is 28.6 Å². The Morgan fingerprint density at radius 2 is 2.11 bits per heavy atom. The Kier molecular flexibility index (Phi) is 5.39. The first-order chi connectivity index (χ1) is 8.41. The number of phenolic OH excluding ortho intramolecular Hbond substituents is 1. The molecule has 0 aromatic heterocycles. The van der Waals surface area contributed by atoms with Crippen molar-refractivity contribution in [1.29, 1.82) is 0 Å². The zero-order valence-corrected chi connectivity index (χ0v) is 12.0. The first kappa shape index (κ1) is 14.7. The van der Waals surface area contributed by atoms with E-state index in [1.165, 1.54) is 6.07 Å². The lowest BCUT2D eigenvalue weighted by Crippen LogP contribution is -2.27. The maximum atomic E-state index is 11.7. The van der Waals surface area contributed by atoms with Crippen molar-refractivity contribution in [2.45, 2.75) is 13.3 Å². The summed E-state index contributed by atoms with van der Waals surface area (Å²) in [4.78, 5) is 22.3. The summed E-state index contributed by atoms with van der Waals surface area (Å²) in [5.74, 6) is -1.63. The minimum absolute atomic E-state index is 0.0576. The average molecular weight is 363 g/mol. The van der Waals surface area contributed by atoms with Gasteiger partial charge >= 0.3 is 5.97 Å². The van der Waals surface area contributed by atoms with Crippen LogP contribution in [0.3, 0.4) is 0 Å². The van der Waals surface area contributed by atoms with Crippen LogP contribution in [0.25, 0.3) is 0 Å². The fourth-order valence-corrected chi connectivity index (χ4v) is 1.62. The Morgan fingerprint density at radius 3 is 2.67 bits per heavy atom. The van der Waals surface area contributed by atoms with Crippen LogP contribution < -0.4 is 5.32 Å². The molecule has 0 saturated heterocycles. The van der Waals surface area contributed by atoms with E-state index in [2.05, 4.69) is 5.32 Å². The zero-order chi connectivity index (χ0) is 13.7. The summed E-state index contributed by atoms with van der Waals surface area (Å²) in [7, 11) is 0. The molecule has 5 nitrogen and oxygen atoms in total. The summed E-state index contributed by atoms with van der Waals surface area (Å²) in [6.45, 7) is 1.88. The minimum atomic E-state index is -0.879. The van der Waals surface area contributed by atoms with Crippen molar-refractivity contribution in [3.63, 3.8) is 0 Å². The number of carboxylic acid groups (broad SMARTS) is 1. The first-order valence-electron chi connectivity index (χ1n) is 5.41. The SMILES string of the molecule is CC(CCNC(=O)c1ccc(I)c(O)c1)C(=O)O. The Balaban J connectivity index is 2.50. The molecule has 98 valence electrons. The van der Waals surface area contributed by atoms with E-state index in [-0.39, 0.29) is 11.7 Å². The summed E-state index contributed by atoms with van der Waals surface area (Å²) < 4.78 is 0.670. The third kappa shape index (κ3) is 4.17. The highest BCUT2D eigenvalue weighted by Crippen LogP contribution is 2.20. The summed E-state index contributed by atoms with van der Waals surface area (Å²) in [5.41, 5.74) is 0.357. The van der Waals surface area contributed by atoms with Gasteiger partial charge in [-0.05, 0) is 47.2 Å². The molecule has 0 saturated carbocycles. The second-order valence-corrected chi connectivity index (χ2v) is 5.11. The van der Waals surface area contributed by atoms with Crippen LogP contribution in [0.15, 0.2) is 18.2 Å². The molecular weight excluding hydrogens is 349 g/mol. The largest absolute Gasteiger partial charge is 0.507 e. The summed E-state index contributed by atoms with van der Waals surface area (Å²) >= 11 is 1.96. The number of carbonyl (C=O) groups excluding carboxylic acids is 1. The van der Waals surface area contributed by atoms with Crippen LogP contribution >= 0.6 is 22.6 Å². The third-order valence-corrected chi connectivity index (χ3v) is 3.41. The predicted octanol–water partition coefficient (Wildman–Crippen LogP) is 1.84. The van der Waals surface area contributed by atoms with E-state index in [9.17, 15) is 14.7 Å². The number of phenols is 1. The normalized spacial score (nSPS) is 11.9. The molecule has 0 aliphatic heterocycles. The fourth-order valence-electron chi connectivity index (χ4n) is 1.28. The molecular formula is C12H14INO4. The van der Waals surface area contributed by atoms with Gasteiger partial charge in [-0.25, -0.2) is 0 Å². The van der Waals surface area contributed by atoms with Crippen LogP contribution in [0.2, 0.25) is 0 Å². The van der Waals surface area contributed by atoms with Gasteiger partial charge in [0, 0.05) is 12.1 Å². The third-order valence-electron chi connectivity index (χ3n) is 2.49. The molecule has 0 fully saturated rings. The molecule has 0 spiro atoms. The zero-order valence-electron chi connectivity index (χ0n) is 9.81. The topological polar surface area (TPSA) is 86.6 Å². The van der Waals surface area contributed by atoms with Gasteiger partial charge in [-0.1, -0.05) is 6.92 Å². The molecule has 3 N–H and O–H groups in total. The van der Waals surface area contributed by atoms with E-state index in [4.69, 9.17) is 5.11 Å². The van der Waals surface area contributed by atoms with Gasteiger partial charge in [-0.2, -0.15) is 0 Å². The second-order valence-electron chi connectivity index (χ2n) is 3.95. The molecule has 0 aliphatic carbocycles. The maximum absolute atomic E-state index is 11.7. The molecule has 0 radical (unpaired) electrons. The van der Waals surface area contributed by atoms with Gasteiger partial charge in [0.1, 0.15) is 5.75 Å².